The number of rotatable bonds is 4. The zero-order valence-corrected chi connectivity index (χ0v) is 16.5. The fourth-order valence-corrected chi connectivity index (χ4v) is 2.55. The third kappa shape index (κ3) is 5.49. The number of anilines is 1. The highest BCUT2D eigenvalue weighted by Crippen LogP contribution is 2.27. The minimum atomic E-state index is -0.0752. The van der Waals surface area contributed by atoms with Crippen molar-refractivity contribution in [1.29, 1.82) is 0 Å². The van der Waals surface area contributed by atoms with Gasteiger partial charge in [0.25, 0.3) is 0 Å². The first-order valence-electron chi connectivity index (χ1n) is 7.44. The molecule has 0 fully saturated rings. The Morgan fingerprint density at radius 2 is 1.96 bits per heavy atom. The molecule has 2 aromatic rings. The second-order valence-electron chi connectivity index (χ2n) is 6.24. The number of aryl methyl sites for hydroxylation is 2. The van der Waals surface area contributed by atoms with E-state index in [0.29, 0.717) is 18.3 Å². The molecule has 0 unspecified atom stereocenters. The van der Waals surface area contributed by atoms with E-state index in [-0.39, 0.29) is 29.4 Å². The van der Waals surface area contributed by atoms with Crippen molar-refractivity contribution in [2.24, 2.45) is 10.7 Å². The molecule has 0 amide bonds. The number of benzene rings is 1. The Balaban J connectivity index is 0.00000264. The lowest BCUT2D eigenvalue weighted by atomic mass is 9.81. The number of guanidine groups is 1. The maximum Gasteiger partial charge on any atom is 0.194 e. The molecule has 124 valence electrons. The summed E-state index contributed by atoms with van der Waals surface area (Å²) in [6.45, 7) is 9.23. The van der Waals surface area contributed by atoms with Gasteiger partial charge in [-0.1, -0.05) is 43.7 Å². The highest BCUT2D eigenvalue weighted by atomic mass is 127. The standard InChI is InChI=1S/C18H24N4.HI/c1-13-8-9-15(14(2)11-13)18(3,4)12-21-17(19)22-16-7-5-6-10-20-16;/h5-11H,12H2,1-4H3,(H3,19,20,21,22);1H. The van der Waals surface area contributed by atoms with Crippen molar-refractivity contribution in [2.75, 3.05) is 11.9 Å². The maximum atomic E-state index is 5.95. The number of nitrogens with two attached hydrogens (primary N) is 1. The van der Waals surface area contributed by atoms with Gasteiger partial charge in [0.1, 0.15) is 5.82 Å². The van der Waals surface area contributed by atoms with Crippen LogP contribution < -0.4 is 11.1 Å². The molecular formula is C18H25IN4. The van der Waals surface area contributed by atoms with Crippen LogP contribution in [0, 0.1) is 13.8 Å². The van der Waals surface area contributed by atoms with E-state index in [4.69, 9.17) is 5.73 Å². The zero-order chi connectivity index (χ0) is 16.2. The summed E-state index contributed by atoms with van der Waals surface area (Å²) in [5.41, 5.74) is 9.74. The highest BCUT2D eigenvalue weighted by Gasteiger charge is 2.22. The molecule has 0 radical (unpaired) electrons. The molecule has 0 spiro atoms. The van der Waals surface area contributed by atoms with Crippen molar-refractivity contribution < 1.29 is 0 Å². The van der Waals surface area contributed by atoms with E-state index in [0.717, 1.165) is 0 Å². The lowest BCUT2D eigenvalue weighted by molar-refractivity contribution is 0.537. The van der Waals surface area contributed by atoms with Gasteiger partial charge in [-0.15, -0.1) is 24.0 Å². The summed E-state index contributed by atoms with van der Waals surface area (Å²) in [7, 11) is 0. The van der Waals surface area contributed by atoms with Crippen LogP contribution in [0.1, 0.15) is 30.5 Å². The van der Waals surface area contributed by atoms with E-state index in [2.05, 4.69) is 61.2 Å². The van der Waals surface area contributed by atoms with Crippen LogP contribution in [0.3, 0.4) is 0 Å². The summed E-state index contributed by atoms with van der Waals surface area (Å²) < 4.78 is 0. The first kappa shape index (κ1) is 19.4. The molecule has 0 atom stereocenters. The number of nitrogens with zero attached hydrogens (tertiary/aromatic N) is 2. The maximum absolute atomic E-state index is 5.95. The molecule has 1 aromatic heterocycles. The summed E-state index contributed by atoms with van der Waals surface area (Å²) in [5.74, 6) is 1.09. The molecule has 0 aliphatic carbocycles. The number of pyridine rings is 1. The highest BCUT2D eigenvalue weighted by molar-refractivity contribution is 14.0. The van der Waals surface area contributed by atoms with E-state index in [1.807, 2.05) is 18.2 Å². The quantitative estimate of drug-likeness (QED) is 0.443. The lowest BCUT2D eigenvalue weighted by Crippen LogP contribution is -2.28. The molecule has 2 rings (SSSR count). The predicted molar refractivity (Wildman–Crippen MR) is 109 cm³/mol. The summed E-state index contributed by atoms with van der Waals surface area (Å²) in [4.78, 5) is 8.65. The number of hydrogen-bond donors (Lipinski definition) is 2. The van der Waals surface area contributed by atoms with Gasteiger partial charge in [0.05, 0.1) is 6.54 Å². The molecule has 23 heavy (non-hydrogen) atoms. The predicted octanol–water partition coefficient (Wildman–Crippen LogP) is 4.02. The fraction of sp³-hybridized carbons (Fsp3) is 0.333. The summed E-state index contributed by atoms with van der Waals surface area (Å²) >= 11 is 0. The van der Waals surface area contributed by atoms with Gasteiger partial charge in [-0.2, -0.15) is 0 Å². The normalized spacial score (nSPS) is 11.7. The van der Waals surface area contributed by atoms with E-state index >= 15 is 0 Å². The summed E-state index contributed by atoms with van der Waals surface area (Å²) in [5, 5.41) is 3.01. The number of hydrogen-bond acceptors (Lipinski definition) is 2. The van der Waals surface area contributed by atoms with Gasteiger partial charge >= 0.3 is 0 Å². The van der Waals surface area contributed by atoms with Crippen molar-refractivity contribution in [2.45, 2.75) is 33.1 Å². The monoisotopic (exact) mass is 424 g/mol. The Hall–Kier alpha value is -1.63. The first-order chi connectivity index (χ1) is 10.4. The van der Waals surface area contributed by atoms with Crippen LogP contribution in [0.25, 0.3) is 0 Å². The minimum Gasteiger partial charge on any atom is -0.370 e. The number of aromatic nitrogens is 1. The Morgan fingerprint density at radius 1 is 1.22 bits per heavy atom. The van der Waals surface area contributed by atoms with Gasteiger partial charge in [-0.05, 0) is 37.1 Å². The van der Waals surface area contributed by atoms with Crippen molar-refractivity contribution >= 4 is 35.8 Å². The minimum absolute atomic E-state index is 0. The van der Waals surface area contributed by atoms with Crippen molar-refractivity contribution in [3.05, 3.63) is 59.3 Å². The van der Waals surface area contributed by atoms with Crippen LogP contribution in [0.2, 0.25) is 0 Å². The molecule has 0 saturated heterocycles. The molecule has 1 aromatic carbocycles. The van der Waals surface area contributed by atoms with Gasteiger partial charge in [-0.25, -0.2) is 4.98 Å². The second-order valence-corrected chi connectivity index (χ2v) is 6.24. The van der Waals surface area contributed by atoms with Gasteiger partial charge in [0.15, 0.2) is 5.96 Å². The Labute approximate surface area is 155 Å². The van der Waals surface area contributed by atoms with Crippen LogP contribution in [-0.2, 0) is 5.41 Å². The average Bonchev–Trinajstić information content (AvgIpc) is 2.46. The summed E-state index contributed by atoms with van der Waals surface area (Å²) in [6.07, 6.45) is 1.72. The fourth-order valence-electron chi connectivity index (χ4n) is 2.55. The first-order valence-corrected chi connectivity index (χ1v) is 7.44. The van der Waals surface area contributed by atoms with Crippen molar-refractivity contribution in [3.8, 4) is 0 Å². The number of halogens is 1. The van der Waals surface area contributed by atoms with Gasteiger partial charge in [0, 0.05) is 11.6 Å². The zero-order valence-electron chi connectivity index (χ0n) is 14.1. The van der Waals surface area contributed by atoms with Crippen LogP contribution in [-0.4, -0.2) is 17.5 Å². The van der Waals surface area contributed by atoms with Gasteiger partial charge < -0.3 is 11.1 Å². The van der Waals surface area contributed by atoms with E-state index in [1.165, 1.54) is 16.7 Å². The van der Waals surface area contributed by atoms with Crippen molar-refractivity contribution in [3.63, 3.8) is 0 Å². The third-order valence-corrected chi connectivity index (χ3v) is 3.68. The summed E-state index contributed by atoms with van der Waals surface area (Å²) in [6, 6.07) is 12.2. The molecule has 0 bridgehead atoms. The molecule has 0 aliphatic rings. The smallest absolute Gasteiger partial charge is 0.194 e. The lowest BCUT2D eigenvalue weighted by Gasteiger charge is -2.25. The Kier molecular flexibility index (Phi) is 7.00. The van der Waals surface area contributed by atoms with Crippen LogP contribution in [0.4, 0.5) is 5.82 Å². The van der Waals surface area contributed by atoms with E-state index in [9.17, 15) is 0 Å². The van der Waals surface area contributed by atoms with Crippen LogP contribution >= 0.6 is 24.0 Å². The largest absolute Gasteiger partial charge is 0.370 e. The third-order valence-electron chi connectivity index (χ3n) is 3.68. The SMILES string of the molecule is Cc1ccc(C(C)(C)CN=C(N)Nc2ccccn2)c(C)c1.I. The number of aliphatic imine (C=N–C) groups is 1. The number of nitrogens with one attached hydrogen (secondary N) is 1. The molecular weight excluding hydrogens is 399 g/mol. The second kappa shape index (κ2) is 8.29. The van der Waals surface area contributed by atoms with Crippen molar-refractivity contribution in [1.82, 2.24) is 4.98 Å². The topological polar surface area (TPSA) is 63.3 Å². The molecule has 4 nitrogen and oxygen atoms in total. The molecule has 3 N–H and O–H groups in total. The average molecular weight is 424 g/mol. The van der Waals surface area contributed by atoms with E-state index in [1.54, 1.807) is 6.20 Å². The Bertz CT molecular complexity index is 666. The molecule has 0 saturated carbocycles. The van der Waals surface area contributed by atoms with Crippen LogP contribution in [0.15, 0.2) is 47.6 Å². The molecule has 0 aliphatic heterocycles. The van der Waals surface area contributed by atoms with Gasteiger partial charge in [0.2, 0.25) is 0 Å². The molecule has 5 heteroatoms. The van der Waals surface area contributed by atoms with E-state index < -0.39 is 0 Å². The Morgan fingerprint density at radius 3 is 2.57 bits per heavy atom. The van der Waals surface area contributed by atoms with Gasteiger partial charge in [-0.3, -0.25) is 4.99 Å². The van der Waals surface area contributed by atoms with Crippen LogP contribution in [0.5, 0.6) is 0 Å². The molecule has 1 heterocycles.